The largest absolute Gasteiger partial charge is 0.452 e. The van der Waals surface area contributed by atoms with Gasteiger partial charge in [0.2, 0.25) is 0 Å². The van der Waals surface area contributed by atoms with Gasteiger partial charge in [-0.1, -0.05) is 187 Å². The van der Waals surface area contributed by atoms with Gasteiger partial charge in [0.15, 0.2) is 22.3 Å². The number of nitriles is 2. The summed E-state index contributed by atoms with van der Waals surface area (Å²) >= 11 is 0. The molecule has 2 aliphatic rings. The van der Waals surface area contributed by atoms with E-state index in [0.29, 0.717) is 33.5 Å². The first kappa shape index (κ1) is 47.9. The van der Waals surface area contributed by atoms with Gasteiger partial charge in [0.25, 0.3) is 0 Å². The minimum absolute atomic E-state index is 0.492. The van der Waals surface area contributed by atoms with Crippen molar-refractivity contribution in [2.24, 2.45) is 0 Å². The molecule has 13 aromatic carbocycles. The molecule has 1 aliphatic carbocycles. The maximum atomic E-state index is 10.4. The lowest BCUT2D eigenvalue weighted by Crippen LogP contribution is -2.34. The molecule has 0 saturated heterocycles. The molecule has 0 unspecified atom stereocenters. The fourth-order valence-electron chi connectivity index (χ4n) is 15.0. The van der Waals surface area contributed by atoms with Crippen LogP contribution in [0, 0.1) is 36.5 Å². The Morgan fingerprint density at radius 3 is 1.28 bits per heavy atom. The Morgan fingerprint density at radius 1 is 0.349 bits per heavy atom. The van der Waals surface area contributed by atoms with Gasteiger partial charge in [-0.2, -0.15) is 10.5 Å². The number of para-hydroxylation sites is 7. The maximum absolute atomic E-state index is 10.4. The van der Waals surface area contributed by atoms with Crippen molar-refractivity contribution in [1.82, 2.24) is 4.57 Å². The highest BCUT2D eigenvalue weighted by Gasteiger charge is 2.53. The number of nitrogens with zero attached hydrogens (tertiary/aromatic N) is 5. The highest BCUT2D eigenvalue weighted by Crippen LogP contribution is 2.66. The van der Waals surface area contributed by atoms with Gasteiger partial charge in [-0.15, -0.1) is 0 Å². The highest BCUT2D eigenvalue weighted by atomic mass is 16.3. The molecule has 1 spiro atoms. The first-order valence-electron chi connectivity index (χ1n) is 29.1. The average Bonchev–Trinajstić information content (AvgIpc) is 1.47. The number of rotatable bonds is 6. The fourth-order valence-corrected chi connectivity index (χ4v) is 15.0. The molecule has 0 fully saturated rings. The van der Waals surface area contributed by atoms with Gasteiger partial charge < -0.3 is 23.2 Å². The number of hydrogen-bond donors (Lipinski definition) is 0. The van der Waals surface area contributed by atoms with Crippen molar-refractivity contribution >= 4 is 121 Å². The number of benzene rings is 13. The van der Waals surface area contributed by atoms with E-state index >= 15 is 0 Å². The molecule has 18 rings (SSSR count). The summed E-state index contributed by atoms with van der Waals surface area (Å²) in [5, 5.41) is 31.3. The van der Waals surface area contributed by atoms with Gasteiger partial charge in [0, 0.05) is 54.5 Å². The van der Waals surface area contributed by atoms with Crippen molar-refractivity contribution in [2.75, 3.05) is 9.80 Å². The molecule has 0 atom stereocenters. The Hall–Kier alpha value is -11.6. The van der Waals surface area contributed by atoms with E-state index in [1.165, 1.54) is 38.5 Å². The van der Waals surface area contributed by atoms with Crippen molar-refractivity contribution in [3.8, 4) is 29.0 Å². The maximum Gasteiger partial charge on any atom is 0.159 e. The topological polar surface area (TPSA) is 85.3 Å². The Labute approximate surface area is 493 Å². The zero-order valence-electron chi connectivity index (χ0n) is 46.7. The van der Waals surface area contributed by atoms with Gasteiger partial charge in [-0.05, 0) is 131 Å². The Balaban J connectivity index is 1.03. The summed E-state index contributed by atoms with van der Waals surface area (Å²) < 4.78 is 16.5. The predicted octanol–water partition coefficient (Wildman–Crippen LogP) is 20.9. The molecule has 0 bridgehead atoms. The van der Waals surface area contributed by atoms with Gasteiger partial charge >= 0.3 is 0 Å². The first-order chi connectivity index (χ1) is 42.4. The fraction of sp³-hybridized carbons (Fsp3) is 0.0380. The van der Waals surface area contributed by atoms with Crippen LogP contribution in [-0.2, 0) is 5.41 Å². The molecule has 0 saturated carbocycles. The van der Waals surface area contributed by atoms with Crippen molar-refractivity contribution in [1.29, 1.82) is 10.5 Å². The van der Waals surface area contributed by atoms with Crippen molar-refractivity contribution in [3.05, 3.63) is 293 Å². The molecule has 4 heterocycles. The number of aryl methyl sites for hydroxylation is 2. The lowest BCUT2D eigenvalue weighted by Gasteiger charge is -2.40. The van der Waals surface area contributed by atoms with Crippen LogP contribution in [0.4, 0.5) is 34.1 Å². The standard InChI is InChI=1S/C79H47N5O2/c1-46-34-38-50(39-35-46)82(68-32-14-26-60-58-24-11-16-48(44-80)75(58)85-77(60)68)70-42-64-72(55-21-5-3-18-52(55)70)73-56-22-6-4-19-53(56)71(83(51-40-36-47(2)37-41-51)69-33-15-27-61-59-25-12-17-49(45-81)76(59)86-78(61)69)43-65(73)79(64)62-28-8-10-31-67(62)84-66-30-9-7-20-54(66)57-23-13-29-63(79)74(57)84/h3-43H,1-2H3. The number of furan rings is 2. The van der Waals surface area contributed by atoms with Crippen LogP contribution < -0.4 is 9.80 Å². The summed E-state index contributed by atoms with van der Waals surface area (Å²) in [6.07, 6.45) is 0. The predicted molar refractivity (Wildman–Crippen MR) is 349 cm³/mol. The summed E-state index contributed by atoms with van der Waals surface area (Å²) in [5.74, 6) is 0. The summed E-state index contributed by atoms with van der Waals surface area (Å²) in [4.78, 5) is 4.77. The van der Waals surface area contributed by atoms with Crippen LogP contribution in [0.3, 0.4) is 0 Å². The van der Waals surface area contributed by atoms with Gasteiger partial charge in [0.1, 0.15) is 12.1 Å². The second-order valence-corrected chi connectivity index (χ2v) is 23.0. The Bertz CT molecular complexity index is 5460. The third-order valence-corrected chi connectivity index (χ3v) is 18.5. The summed E-state index contributed by atoms with van der Waals surface area (Å²) in [7, 11) is 0. The van der Waals surface area contributed by atoms with Crippen LogP contribution in [0.1, 0.15) is 44.5 Å². The molecule has 86 heavy (non-hydrogen) atoms. The first-order valence-corrected chi connectivity index (χ1v) is 29.1. The van der Waals surface area contributed by atoms with Crippen molar-refractivity contribution in [3.63, 3.8) is 0 Å². The SMILES string of the molecule is Cc1ccc(N(c2cc3c(c4ccccc24)-c2c(cc(N(c4ccc(C)cc4)c4cccc5c4oc4c(C#N)cccc45)c4ccccc24)C32c3ccccc3-n3c4ccccc4c4cccc2c43)c2cccc3c2oc2c(C#N)cccc23)cc1. The molecule has 7 heteroatoms. The van der Waals surface area contributed by atoms with Crippen molar-refractivity contribution < 1.29 is 8.83 Å². The van der Waals surface area contributed by atoms with Gasteiger partial charge in [-0.25, -0.2) is 0 Å². The number of fused-ring (bicyclic) bond motifs is 22. The highest BCUT2D eigenvalue weighted by molar-refractivity contribution is 6.22. The second-order valence-electron chi connectivity index (χ2n) is 23.0. The van der Waals surface area contributed by atoms with Gasteiger partial charge in [0.05, 0.1) is 56.0 Å². The molecule has 0 N–H and O–H groups in total. The van der Waals surface area contributed by atoms with E-state index < -0.39 is 5.41 Å². The second kappa shape index (κ2) is 17.7. The normalized spacial score (nSPS) is 12.8. The van der Waals surface area contributed by atoms with Crippen molar-refractivity contribution in [2.45, 2.75) is 19.3 Å². The lowest BCUT2D eigenvalue weighted by atomic mass is 9.65. The Kier molecular flexibility index (Phi) is 9.86. The summed E-state index contributed by atoms with van der Waals surface area (Å²) in [6, 6.07) is 94.5. The van der Waals surface area contributed by atoms with E-state index in [9.17, 15) is 10.5 Å². The Morgan fingerprint density at radius 2 is 0.756 bits per heavy atom. The molecule has 3 aromatic heterocycles. The molecule has 1 aliphatic heterocycles. The molecular formula is C79H47N5O2. The number of anilines is 6. The minimum atomic E-state index is -0.944. The number of hydrogen-bond acceptors (Lipinski definition) is 6. The quantitative estimate of drug-likeness (QED) is 0.165. The third-order valence-electron chi connectivity index (χ3n) is 18.5. The van der Waals surface area contributed by atoms with E-state index in [1.54, 1.807) is 0 Å². The summed E-state index contributed by atoms with van der Waals surface area (Å²) in [5.41, 5.74) is 20.9. The molecular weight excluding hydrogens is 1050 g/mol. The smallest absolute Gasteiger partial charge is 0.159 e. The lowest BCUT2D eigenvalue weighted by molar-refractivity contribution is 0.667. The zero-order valence-corrected chi connectivity index (χ0v) is 46.7. The monoisotopic (exact) mass is 1100 g/mol. The van der Waals surface area contributed by atoms with E-state index in [-0.39, 0.29) is 0 Å². The summed E-state index contributed by atoms with van der Waals surface area (Å²) in [6.45, 7) is 4.26. The van der Waals surface area contributed by atoms with Crippen LogP contribution in [0.15, 0.2) is 258 Å². The van der Waals surface area contributed by atoms with Crippen LogP contribution in [-0.4, -0.2) is 4.57 Å². The van der Waals surface area contributed by atoms with Crippen LogP contribution in [0.25, 0.3) is 104 Å². The molecule has 0 radical (unpaired) electrons. The molecule has 16 aromatic rings. The molecule has 7 nitrogen and oxygen atoms in total. The van der Waals surface area contributed by atoms with E-state index in [0.717, 1.165) is 111 Å². The van der Waals surface area contributed by atoms with Gasteiger partial charge in [-0.3, -0.25) is 0 Å². The zero-order chi connectivity index (χ0) is 57.1. The van der Waals surface area contributed by atoms with E-state index in [1.807, 2.05) is 36.4 Å². The molecule has 0 amide bonds. The van der Waals surface area contributed by atoms with E-state index in [2.05, 4.69) is 253 Å². The average molecular weight is 1100 g/mol. The van der Waals surface area contributed by atoms with Crippen LogP contribution in [0.2, 0.25) is 0 Å². The molecule has 400 valence electrons. The minimum Gasteiger partial charge on any atom is -0.452 e. The van der Waals surface area contributed by atoms with Crippen LogP contribution >= 0.6 is 0 Å². The number of aromatic nitrogens is 1. The van der Waals surface area contributed by atoms with E-state index in [4.69, 9.17) is 8.83 Å². The third kappa shape index (κ3) is 6.27. The van der Waals surface area contributed by atoms with Crippen LogP contribution in [0.5, 0.6) is 0 Å².